The van der Waals surface area contributed by atoms with Gasteiger partial charge in [-0.25, -0.2) is 0 Å². The summed E-state index contributed by atoms with van der Waals surface area (Å²) in [6, 6.07) is 0. The van der Waals surface area contributed by atoms with Crippen LogP contribution in [0.1, 0.15) is 0 Å². The summed E-state index contributed by atoms with van der Waals surface area (Å²) in [5.41, 5.74) is 0. The maximum atomic E-state index is 0. The van der Waals surface area contributed by atoms with Gasteiger partial charge in [0, 0.05) is 92.3 Å². The fourth-order valence-electron chi connectivity index (χ4n) is 0. The second-order valence-corrected chi connectivity index (χ2v) is 0. The molecule has 0 saturated carbocycles. The van der Waals surface area contributed by atoms with Gasteiger partial charge in [-0.2, -0.15) is 0 Å². The third kappa shape index (κ3) is 28.2. The Balaban J connectivity index is 0. The van der Waals surface area contributed by atoms with Crippen LogP contribution in [0.15, 0.2) is 0 Å². The first kappa shape index (κ1) is 64.8. The fraction of sp³-hybridized carbons (Fsp3) is 0. The molecule has 0 aliphatic heterocycles. The molecule has 2 radical (unpaired) electrons. The van der Waals surface area contributed by atoms with Crippen molar-refractivity contribution in [1.82, 2.24) is 0 Å². The van der Waals surface area contributed by atoms with Gasteiger partial charge in [0.2, 0.25) is 0 Å². The van der Waals surface area contributed by atoms with Crippen molar-refractivity contribution >= 4 is 0 Å². The molecule has 6 heavy (non-hydrogen) atoms. The van der Waals surface area contributed by atoms with E-state index in [0.29, 0.717) is 0 Å². The molecule has 0 amide bonds. The standard InChI is InChI=1S/2La.Mo.3H2O/h;;;3*1H2. The first-order valence-corrected chi connectivity index (χ1v) is 0. The van der Waals surface area contributed by atoms with Gasteiger partial charge in [-0.15, -0.1) is 0 Å². The van der Waals surface area contributed by atoms with Crippen molar-refractivity contribution in [1.29, 1.82) is 0 Å². The van der Waals surface area contributed by atoms with Crippen molar-refractivity contribution in [3.8, 4) is 0 Å². The van der Waals surface area contributed by atoms with Crippen molar-refractivity contribution in [3.05, 3.63) is 0 Å². The van der Waals surface area contributed by atoms with Crippen LogP contribution >= 0.6 is 0 Å². The van der Waals surface area contributed by atoms with Crippen LogP contribution in [0.5, 0.6) is 0 Å². The maximum Gasteiger partial charge on any atom is 0 e. The summed E-state index contributed by atoms with van der Waals surface area (Å²) in [6.45, 7) is 0. The van der Waals surface area contributed by atoms with E-state index in [2.05, 4.69) is 0 Å². The molecule has 0 atom stereocenters. The molecule has 0 bridgehead atoms. The van der Waals surface area contributed by atoms with Gasteiger partial charge in [-0.05, 0) is 0 Å². The molecule has 0 aliphatic carbocycles. The van der Waals surface area contributed by atoms with Crippen LogP contribution < -0.4 is 0 Å². The zero-order valence-electron chi connectivity index (χ0n) is 3.06. The van der Waals surface area contributed by atoms with E-state index in [-0.39, 0.29) is 109 Å². The quantitative estimate of drug-likeness (QED) is 0.383. The molecular formula is H6La2MoO3. The van der Waals surface area contributed by atoms with E-state index in [4.69, 9.17) is 0 Å². The van der Waals surface area contributed by atoms with Gasteiger partial charge in [0.15, 0.2) is 0 Å². The number of rotatable bonds is 0. The molecule has 0 aromatic heterocycles. The molecule has 6 heteroatoms. The SMILES string of the molecule is O.O.O.[La].[La].[Mo]. The Bertz CT molecular complexity index is 8.75. The van der Waals surface area contributed by atoms with Crippen molar-refractivity contribution in [2.24, 2.45) is 0 Å². The van der Waals surface area contributed by atoms with Gasteiger partial charge in [0.05, 0.1) is 0 Å². The number of hydrogen-bond donors (Lipinski definition) is 0. The van der Waals surface area contributed by atoms with E-state index in [1.165, 1.54) is 0 Å². The maximum absolute atomic E-state index is 0. The van der Waals surface area contributed by atoms with E-state index in [0.717, 1.165) is 0 Å². The third-order valence-corrected chi connectivity index (χ3v) is 0. The molecule has 6 N–H and O–H groups in total. The molecule has 0 unspecified atom stereocenters. The third-order valence-electron chi connectivity index (χ3n) is 0. The molecule has 0 fully saturated rings. The smallest absolute Gasteiger partial charge is 0 e. The molecule has 3 nitrogen and oxygen atoms in total. The monoisotopic (exact) mass is 430 g/mol. The van der Waals surface area contributed by atoms with Crippen molar-refractivity contribution < 1.29 is 109 Å². The Hall–Kier alpha value is 2.96. The predicted octanol–water partition coefficient (Wildman–Crippen LogP) is -2.48. The minimum Gasteiger partial charge on any atom is -0.412 e. The van der Waals surface area contributed by atoms with Crippen LogP contribution in [0.25, 0.3) is 0 Å². The normalized spacial score (nSPS) is 0. The summed E-state index contributed by atoms with van der Waals surface area (Å²) in [7, 11) is 0. The largest absolute Gasteiger partial charge is 0.412 e. The van der Waals surface area contributed by atoms with E-state index in [1.54, 1.807) is 0 Å². The molecular weight excluding hydrogens is 422 g/mol. The molecule has 0 heterocycles. The molecule has 0 saturated heterocycles. The van der Waals surface area contributed by atoms with Crippen LogP contribution in [0.2, 0.25) is 0 Å². The fourth-order valence-corrected chi connectivity index (χ4v) is 0. The molecule has 0 aliphatic rings. The van der Waals surface area contributed by atoms with E-state index in [1.807, 2.05) is 0 Å². The zero-order chi connectivity index (χ0) is 0. The van der Waals surface area contributed by atoms with Crippen LogP contribution in [-0.4, -0.2) is 16.4 Å². The summed E-state index contributed by atoms with van der Waals surface area (Å²) >= 11 is 0. The summed E-state index contributed by atoms with van der Waals surface area (Å²) in [5, 5.41) is 0. The van der Waals surface area contributed by atoms with Gasteiger partial charge >= 0.3 is 0 Å². The molecule has 0 rings (SSSR count). The average Bonchev–Trinajstić information content (AvgIpc) is 0. The number of hydrogen-bond acceptors (Lipinski definition) is 0. The van der Waals surface area contributed by atoms with Crippen molar-refractivity contribution in [3.63, 3.8) is 0 Å². The predicted molar refractivity (Wildman–Crippen MR) is 10.8 cm³/mol. The Labute approximate surface area is 106 Å². The van der Waals surface area contributed by atoms with E-state index < -0.39 is 0 Å². The molecule has 0 spiro atoms. The van der Waals surface area contributed by atoms with E-state index in [9.17, 15) is 0 Å². The molecule has 0 aromatic carbocycles. The summed E-state index contributed by atoms with van der Waals surface area (Å²) in [5.74, 6) is 0. The molecule has 0 aromatic rings. The second kappa shape index (κ2) is 44.0. The van der Waals surface area contributed by atoms with E-state index >= 15 is 0 Å². The van der Waals surface area contributed by atoms with Crippen molar-refractivity contribution in [2.75, 3.05) is 0 Å². The van der Waals surface area contributed by atoms with Gasteiger partial charge in [0.25, 0.3) is 0 Å². The van der Waals surface area contributed by atoms with Crippen LogP contribution in [0, 0.1) is 71.2 Å². The van der Waals surface area contributed by atoms with Gasteiger partial charge in [0.1, 0.15) is 0 Å². The second-order valence-electron chi connectivity index (χ2n) is 0. The minimum absolute atomic E-state index is 0. The van der Waals surface area contributed by atoms with Gasteiger partial charge in [-0.1, -0.05) is 0 Å². The zero-order valence-corrected chi connectivity index (χ0v) is 12.3. The van der Waals surface area contributed by atoms with Gasteiger partial charge in [-0.3, -0.25) is 0 Å². The van der Waals surface area contributed by atoms with Crippen LogP contribution in [0.4, 0.5) is 0 Å². The summed E-state index contributed by atoms with van der Waals surface area (Å²) in [6.07, 6.45) is 0. The average molecular weight is 428 g/mol. The van der Waals surface area contributed by atoms with Crippen molar-refractivity contribution in [2.45, 2.75) is 0 Å². The Morgan fingerprint density at radius 1 is 0.500 bits per heavy atom. The topological polar surface area (TPSA) is 94.5 Å². The van der Waals surface area contributed by atoms with Crippen LogP contribution in [0.3, 0.4) is 0 Å². The van der Waals surface area contributed by atoms with Gasteiger partial charge < -0.3 is 16.4 Å². The Kier molecular flexibility index (Phi) is 476. The van der Waals surface area contributed by atoms with Crippen LogP contribution in [-0.2, 0) is 21.1 Å². The summed E-state index contributed by atoms with van der Waals surface area (Å²) < 4.78 is 0. The Morgan fingerprint density at radius 3 is 0.500 bits per heavy atom. The first-order valence-electron chi connectivity index (χ1n) is 0. The first-order chi connectivity index (χ1) is 0. The summed E-state index contributed by atoms with van der Waals surface area (Å²) in [4.78, 5) is 0. The Morgan fingerprint density at radius 2 is 0.500 bits per heavy atom. The minimum atomic E-state index is 0. The molecule has 36 valence electrons.